The molecule has 0 N–H and O–H groups in total. The SMILES string of the molecule is CC1(CN2CCN(c3ncc4c(n3)CCCC4)CC2)C=NC(c2ccccc2)=N1. The highest BCUT2D eigenvalue weighted by Crippen LogP contribution is 2.23. The molecule has 0 spiro atoms. The van der Waals surface area contributed by atoms with Crippen molar-refractivity contribution in [2.45, 2.75) is 38.1 Å². The van der Waals surface area contributed by atoms with Crippen LogP contribution in [0, 0.1) is 0 Å². The van der Waals surface area contributed by atoms with E-state index in [0.29, 0.717) is 0 Å². The summed E-state index contributed by atoms with van der Waals surface area (Å²) in [5.74, 6) is 1.75. The van der Waals surface area contributed by atoms with Crippen LogP contribution in [0.2, 0.25) is 0 Å². The molecule has 3 aliphatic rings. The second-order valence-electron chi connectivity index (χ2n) is 8.53. The molecule has 0 bridgehead atoms. The number of piperazine rings is 1. The van der Waals surface area contributed by atoms with Crippen molar-refractivity contribution in [3.05, 3.63) is 53.3 Å². The quantitative estimate of drug-likeness (QED) is 0.808. The van der Waals surface area contributed by atoms with E-state index in [0.717, 1.165) is 62.9 Å². The van der Waals surface area contributed by atoms with Crippen molar-refractivity contribution in [3.8, 4) is 0 Å². The molecule has 1 aliphatic carbocycles. The van der Waals surface area contributed by atoms with Gasteiger partial charge in [-0.05, 0) is 38.2 Å². The molecule has 1 unspecified atom stereocenters. The molecule has 5 rings (SSSR count). The van der Waals surface area contributed by atoms with Crippen molar-refractivity contribution in [1.82, 2.24) is 14.9 Å². The van der Waals surface area contributed by atoms with Gasteiger partial charge in [0.25, 0.3) is 0 Å². The molecule has 1 aromatic carbocycles. The van der Waals surface area contributed by atoms with E-state index in [1.807, 2.05) is 24.4 Å². The van der Waals surface area contributed by atoms with Crippen molar-refractivity contribution in [2.75, 3.05) is 37.6 Å². The van der Waals surface area contributed by atoms with Crippen LogP contribution in [0.3, 0.4) is 0 Å². The van der Waals surface area contributed by atoms with Gasteiger partial charge in [0, 0.05) is 56.4 Å². The van der Waals surface area contributed by atoms with Crippen molar-refractivity contribution in [2.24, 2.45) is 9.98 Å². The van der Waals surface area contributed by atoms with Crippen LogP contribution in [-0.2, 0) is 12.8 Å². The number of hydrogen-bond acceptors (Lipinski definition) is 6. The Bertz CT molecular complexity index is 930. The van der Waals surface area contributed by atoms with Gasteiger partial charge in [0.2, 0.25) is 5.95 Å². The van der Waals surface area contributed by atoms with Crippen molar-refractivity contribution >= 4 is 18.0 Å². The third-order valence-corrected chi connectivity index (χ3v) is 6.11. The van der Waals surface area contributed by atoms with Crippen LogP contribution >= 0.6 is 0 Å². The Labute approximate surface area is 172 Å². The second-order valence-corrected chi connectivity index (χ2v) is 8.53. The maximum Gasteiger partial charge on any atom is 0.225 e. The Balaban J connectivity index is 1.20. The Morgan fingerprint density at radius 3 is 2.62 bits per heavy atom. The molecular weight excluding hydrogens is 360 g/mol. The van der Waals surface area contributed by atoms with Gasteiger partial charge in [0.15, 0.2) is 5.84 Å². The Morgan fingerprint density at radius 2 is 1.79 bits per heavy atom. The number of rotatable bonds is 4. The number of anilines is 1. The first-order valence-electron chi connectivity index (χ1n) is 10.7. The number of aryl methyl sites for hydroxylation is 2. The first-order valence-corrected chi connectivity index (χ1v) is 10.7. The normalized spacial score (nSPS) is 24.4. The number of benzene rings is 1. The Kier molecular flexibility index (Phi) is 4.87. The maximum absolute atomic E-state index is 4.92. The lowest BCUT2D eigenvalue weighted by Gasteiger charge is -2.37. The zero-order valence-corrected chi connectivity index (χ0v) is 17.1. The highest BCUT2D eigenvalue weighted by Gasteiger charge is 2.31. The molecular formula is C23H28N6. The van der Waals surface area contributed by atoms with Crippen molar-refractivity contribution in [1.29, 1.82) is 0 Å². The van der Waals surface area contributed by atoms with Crippen molar-refractivity contribution < 1.29 is 0 Å². The standard InChI is InChI=1S/C23H28N6/c1-23(16-25-21(27-23)18-7-3-2-4-8-18)17-28-11-13-29(14-12-28)22-24-15-19-9-5-6-10-20(19)26-22/h2-4,7-8,15-16H,5-6,9-14,17H2,1H3. The molecule has 3 heterocycles. The summed E-state index contributed by atoms with van der Waals surface area (Å²) >= 11 is 0. The van der Waals surface area contributed by atoms with Gasteiger partial charge in [0.1, 0.15) is 5.54 Å². The smallest absolute Gasteiger partial charge is 0.225 e. The van der Waals surface area contributed by atoms with Gasteiger partial charge in [-0.2, -0.15) is 0 Å². The van der Waals surface area contributed by atoms with E-state index in [2.05, 4.69) is 45.0 Å². The monoisotopic (exact) mass is 388 g/mol. The molecule has 1 atom stereocenters. The van der Waals surface area contributed by atoms with Gasteiger partial charge < -0.3 is 4.90 Å². The van der Waals surface area contributed by atoms with E-state index >= 15 is 0 Å². The van der Waals surface area contributed by atoms with E-state index in [1.165, 1.54) is 24.1 Å². The zero-order valence-electron chi connectivity index (χ0n) is 17.1. The van der Waals surface area contributed by atoms with Crippen LogP contribution in [0.25, 0.3) is 0 Å². The van der Waals surface area contributed by atoms with Crippen LogP contribution in [0.15, 0.2) is 46.5 Å². The average Bonchev–Trinajstić information content (AvgIpc) is 3.16. The lowest BCUT2D eigenvalue weighted by Crippen LogP contribution is -2.51. The average molecular weight is 389 g/mol. The first kappa shape index (κ1) is 18.4. The predicted molar refractivity (Wildman–Crippen MR) is 117 cm³/mol. The molecule has 2 aliphatic heterocycles. The summed E-state index contributed by atoms with van der Waals surface area (Å²) in [6.45, 7) is 6.99. The van der Waals surface area contributed by atoms with E-state index in [1.54, 1.807) is 0 Å². The van der Waals surface area contributed by atoms with Crippen LogP contribution in [0.1, 0.15) is 36.6 Å². The van der Waals surface area contributed by atoms with Crippen LogP contribution in [-0.4, -0.2) is 65.2 Å². The molecule has 6 heteroatoms. The molecule has 29 heavy (non-hydrogen) atoms. The summed E-state index contributed by atoms with van der Waals surface area (Å²) in [6.07, 6.45) is 8.82. The van der Waals surface area contributed by atoms with E-state index in [-0.39, 0.29) is 5.54 Å². The number of aliphatic imine (C=N–C) groups is 2. The van der Waals surface area contributed by atoms with Gasteiger partial charge in [-0.25, -0.2) is 15.0 Å². The predicted octanol–water partition coefficient (Wildman–Crippen LogP) is 2.77. The summed E-state index contributed by atoms with van der Waals surface area (Å²) in [4.78, 5) is 23.9. The van der Waals surface area contributed by atoms with Gasteiger partial charge in [-0.1, -0.05) is 30.3 Å². The minimum atomic E-state index is -0.254. The van der Waals surface area contributed by atoms with Crippen molar-refractivity contribution in [3.63, 3.8) is 0 Å². The largest absolute Gasteiger partial charge is 0.338 e. The first-order chi connectivity index (χ1) is 14.2. The molecule has 6 nitrogen and oxygen atoms in total. The van der Waals surface area contributed by atoms with Crippen LogP contribution in [0.5, 0.6) is 0 Å². The lowest BCUT2D eigenvalue weighted by atomic mass is 9.98. The van der Waals surface area contributed by atoms with Crippen LogP contribution < -0.4 is 4.90 Å². The van der Waals surface area contributed by atoms with E-state index in [4.69, 9.17) is 9.98 Å². The summed E-state index contributed by atoms with van der Waals surface area (Å²) < 4.78 is 0. The minimum Gasteiger partial charge on any atom is -0.338 e. The third kappa shape index (κ3) is 3.94. The van der Waals surface area contributed by atoms with Gasteiger partial charge in [-0.15, -0.1) is 0 Å². The van der Waals surface area contributed by atoms with E-state index in [9.17, 15) is 0 Å². The van der Waals surface area contributed by atoms with Crippen LogP contribution in [0.4, 0.5) is 5.95 Å². The highest BCUT2D eigenvalue weighted by molar-refractivity contribution is 6.08. The summed E-state index contributed by atoms with van der Waals surface area (Å²) in [5.41, 5.74) is 3.44. The number of fused-ring (bicyclic) bond motifs is 1. The molecule has 2 aromatic rings. The number of nitrogens with zero attached hydrogens (tertiary/aromatic N) is 6. The summed E-state index contributed by atoms with van der Waals surface area (Å²) in [7, 11) is 0. The molecule has 1 fully saturated rings. The number of amidine groups is 1. The van der Waals surface area contributed by atoms with Gasteiger partial charge >= 0.3 is 0 Å². The fourth-order valence-corrected chi connectivity index (χ4v) is 4.48. The number of aromatic nitrogens is 2. The second kappa shape index (κ2) is 7.67. The minimum absolute atomic E-state index is 0.254. The molecule has 0 amide bonds. The highest BCUT2D eigenvalue weighted by atomic mass is 15.3. The Morgan fingerprint density at radius 1 is 1.00 bits per heavy atom. The van der Waals surface area contributed by atoms with Gasteiger partial charge in [0.05, 0.1) is 0 Å². The molecule has 0 radical (unpaired) electrons. The summed E-state index contributed by atoms with van der Waals surface area (Å²) in [6, 6.07) is 10.2. The fraction of sp³-hybridized carbons (Fsp3) is 0.478. The molecule has 1 saturated heterocycles. The fourth-order valence-electron chi connectivity index (χ4n) is 4.48. The summed E-state index contributed by atoms with van der Waals surface area (Å²) in [5, 5.41) is 0. The number of hydrogen-bond donors (Lipinski definition) is 0. The third-order valence-electron chi connectivity index (χ3n) is 6.11. The Hall–Kier alpha value is -2.60. The topological polar surface area (TPSA) is 57.0 Å². The lowest BCUT2D eigenvalue weighted by molar-refractivity contribution is 0.233. The molecule has 1 aromatic heterocycles. The maximum atomic E-state index is 4.92. The molecule has 0 saturated carbocycles. The van der Waals surface area contributed by atoms with E-state index < -0.39 is 0 Å². The van der Waals surface area contributed by atoms with Gasteiger partial charge in [-0.3, -0.25) is 9.89 Å². The zero-order chi connectivity index (χ0) is 19.7. The molecule has 150 valence electrons.